The number of para-hydroxylation sites is 2. The van der Waals surface area contributed by atoms with Gasteiger partial charge in [-0.25, -0.2) is 0 Å². The first-order chi connectivity index (χ1) is 19.8. The normalized spacial score (nSPS) is 11.7. The van der Waals surface area contributed by atoms with Crippen molar-refractivity contribution in [1.29, 1.82) is 0 Å². The molecule has 0 radical (unpaired) electrons. The summed E-state index contributed by atoms with van der Waals surface area (Å²) < 4.78 is 5.32. The number of hydrogen-bond donors (Lipinski definition) is 3. The summed E-state index contributed by atoms with van der Waals surface area (Å²) in [5, 5.41) is 8.10. The molecule has 0 aliphatic heterocycles. The molecular weight excluding hydrogens is 534 g/mol. The fourth-order valence-corrected chi connectivity index (χ4v) is 4.78. The van der Waals surface area contributed by atoms with Crippen LogP contribution in [0.3, 0.4) is 0 Å². The molecule has 3 amide bonds. The quantitative estimate of drug-likeness (QED) is 0.150. The van der Waals surface area contributed by atoms with E-state index in [1.807, 2.05) is 62.4 Å². The van der Waals surface area contributed by atoms with Gasteiger partial charge in [0.25, 0.3) is 11.8 Å². The Morgan fingerprint density at radius 1 is 0.829 bits per heavy atom. The van der Waals surface area contributed by atoms with Gasteiger partial charge in [-0.1, -0.05) is 66.2 Å². The summed E-state index contributed by atoms with van der Waals surface area (Å²) in [6, 6.07) is 30.8. The van der Waals surface area contributed by atoms with Crippen LogP contribution in [0.1, 0.15) is 28.4 Å². The highest BCUT2D eigenvalue weighted by Crippen LogP contribution is 2.29. The predicted octanol–water partition coefficient (Wildman–Crippen LogP) is 6.53. The van der Waals surface area contributed by atoms with Gasteiger partial charge in [-0.15, -0.1) is 11.8 Å². The lowest BCUT2D eigenvalue weighted by Crippen LogP contribution is -2.30. The second kappa shape index (κ2) is 14.0. The average molecular weight is 566 g/mol. The van der Waals surface area contributed by atoms with Crippen LogP contribution in [0, 0.1) is 6.92 Å². The fourth-order valence-electron chi connectivity index (χ4n) is 3.86. The van der Waals surface area contributed by atoms with Gasteiger partial charge in [0, 0.05) is 16.1 Å². The molecule has 0 fully saturated rings. The second-order valence-electron chi connectivity index (χ2n) is 9.22. The van der Waals surface area contributed by atoms with Gasteiger partial charge in [-0.05, 0) is 68.0 Å². The lowest BCUT2D eigenvalue weighted by atomic mass is 10.1. The van der Waals surface area contributed by atoms with Crippen molar-refractivity contribution in [3.63, 3.8) is 0 Å². The molecule has 0 aliphatic carbocycles. The van der Waals surface area contributed by atoms with E-state index in [4.69, 9.17) is 4.74 Å². The van der Waals surface area contributed by atoms with Crippen LogP contribution >= 0.6 is 11.8 Å². The Hall–Kier alpha value is -4.82. The third kappa shape index (κ3) is 8.33. The number of methoxy groups -OCH3 is 1. The van der Waals surface area contributed by atoms with E-state index >= 15 is 0 Å². The molecule has 1 atom stereocenters. The van der Waals surface area contributed by atoms with Crippen molar-refractivity contribution >= 4 is 46.9 Å². The molecule has 0 bridgehead atoms. The van der Waals surface area contributed by atoms with E-state index in [-0.39, 0.29) is 11.6 Å². The van der Waals surface area contributed by atoms with E-state index in [1.54, 1.807) is 67.8 Å². The van der Waals surface area contributed by atoms with Crippen molar-refractivity contribution in [3.8, 4) is 5.75 Å². The third-order valence-corrected chi connectivity index (χ3v) is 7.15. The van der Waals surface area contributed by atoms with Crippen LogP contribution in [-0.4, -0.2) is 30.1 Å². The van der Waals surface area contributed by atoms with Crippen molar-refractivity contribution in [2.24, 2.45) is 0 Å². The van der Waals surface area contributed by atoms with Gasteiger partial charge in [0.1, 0.15) is 11.4 Å². The molecule has 0 aromatic heterocycles. The third-order valence-electron chi connectivity index (χ3n) is 6.06. The van der Waals surface area contributed by atoms with E-state index in [0.29, 0.717) is 22.7 Å². The minimum absolute atomic E-state index is 0.102. The molecule has 0 saturated heterocycles. The van der Waals surface area contributed by atoms with E-state index in [2.05, 4.69) is 16.0 Å². The smallest absolute Gasteiger partial charge is 0.272 e. The van der Waals surface area contributed by atoms with Gasteiger partial charge in [0.15, 0.2) is 0 Å². The molecule has 208 valence electrons. The molecule has 8 heteroatoms. The topological polar surface area (TPSA) is 96.5 Å². The lowest BCUT2D eigenvalue weighted by molar-refractivity contribution is -0.115. The van der Waals surface area contributed by atoms with Crippen LogP contribution in [0.2, 0.25) is 0 Å². The molecule has 1 unspecified atom stereocenters. The summed E-state index contributed by atoms with van der Waals surface area (Å²) in [6.45, 7) is 3.79. The first kappa shape index (κ1) is 29.2. The van der Waals surface area contributed by atoms with E-state index in [1.165, 1.54) is 11.8 Å². The Labute approximate surface area is 244 Å². The molecule has 4 rings (SSSR count). The van der Waals surface area contributed by atoms with Crippen LogP contribution in [-0.2, 0) is 9.59 Å². The average Bonchev–Trinajstić information content (AvgIpc) is 2.98. The maximum Gasteiger partial charge on any atom is 0.272 e. The lowest BCUT2D eigenvalue weighted by Gasteiger charge is -2.15. The molecule has 0 saturated carbocycles. The monoisotopic (exact) mass is 565 g/mol. The summed E-state index contributed by atoms with van der Waals surface area (Å²) in [4.78, 5) is 39.9. The van der Waals surface area contributed by atoms with E-state index < -0.39 is 17.1 Å². The van der Waals surface area contributed by atoms with E-state index in [0.717, 1.165) is 16.0 Å². The first-order valence-electron chi connectivity index (χ1n) is 13.0. The highest BCUT2D eigenvalue weighted by atomic mass is 32.2. The Kier molecular flexibility index (Phi) is 9.96. The Morgan fingerprint density at radius 3 is 2.27 bits per heavy atom. The molecule has 0 aliphatic rings. The van der Waals surface area contributed by atoms with Gasteiger partial charge in [0.2, 0.25) is 5.91 Å². The standard InChI is InChI=1S/C33H31N3O4S/c1-22-16-18-24(19-17-22)20-29(36-32(38)25-10-5-4-6-11-25)33(39)34-26-12-9-13-27(21-26)41-23(2)31(37)35-28-14-7-8-15-30(28)40-3/h4-21,23H,1-3H3,(H,34,39)(H,35,37)(H,36,38)/b29-20-. The Balaban J connectivity index is 1.48. The van der Waals surface area contributed by atoms with Gasteiger partial charge >= 0.3 is 0 Å². The van der Waals surface area contributed by atoms with Crippen LogP contribution in [0.4, 0.5) is 11.4 Å². The summed E-state index contributed by atoms with van der Waals surface area (Å²) in [5.74, 6) is -0.463. The van der Waals surface area contributed by atoms with Gasteiger partial charge in [-0.3, -0.25) is 14.4 Å². The maximum atomic E-state index is 13.4. The fraction of sp³-hybridized carbons (Fsp3) is 0.121. The SMILES string of the molecule is COc1ccccc1NC(=O)C(C)Sc1cccc(NC(=O)/C(=C/c2ccc(C)cc2)NC(=O)c2ccccc2)c1. The molecule has 4 aromatic carbocycles. The molecule has 0 spiro atoms. The predicted molar refractivity (Wildman–Crippen MR) is 165 cm³/mol. The van der Waals surface area contributed by atoms with Crippen molar-refractivity contribution in [3.05, 3.63) is 126 Å². The highest BCUT2D eigenvalue weighted by molar-refractivity contribution is 8.00. The maximum absolute atomic E-state index is 13.4. The van der Waals surface area contributed by atoms with Crippen LogP contribution < -0.4 is 20.7 Å². The number of amides is 3. The van der Waals surface area contributed by atoms with E-state index in [9.17, 15) is 14.4 Å². The number of anilines is 2. The number of nitrogens with one attached hydrogen (secondary N) is 3. The first-order valence-corrected chi connectivity index (χ1v) is 13.9. The zero-order valence-electron chi connectivity index (χ0n) is 23.0. The number of carbonyl (C=O) groups is 3. The van der Waals surface area contributed by atoms with Crippen LogP contribution in [0.15, 0.2) is 114 Å². The molecular formula is C33H31N3O4S. The number of benzene rings is 4. The molecule has 41 heavy (non-hydrogen) atoms. The van der Waals surface area contributed by atoms with Gasteiger partial charge in [0.05, 0.1) is 18.0 Å². The number of thioether (sulfide) groups is 1. The largest absolute Gasteiger partial charge is 0.495 e. The molecule has 0 heterocycles. The molecule has 7 nitrogen and oxygen atoms in total. The van der Waals surface area contributed by atoms with Crippen LogP contribution in [0.5, 0.6) is 5.75 Å². The van der Waals surface area contributed by atoms with Gasteiger partial charge < -0.3 is 20.7 Å². The summed E-state index contributed by atoms with van der Waals surface area (Å²) in [7, 11) is 1.55. The summed E-state index contributed by atoms with van der Waals surface area (Å²) >= 11 is 1.36. The Bertz CT molecular complexity index is 1550. The summed E-state index contributed by atoms with van der Waals surface area (Å²) in [5.41, 5.74) is 3.52. The number of rotatable bonds is 10. The van der Waals surface area contributed by atoms with Gasteiger partial charge in [-0.2, -0.15) is 0 Å². The zero-order valence-corrected chi connectivity index (χ0v) is 23.8. The van der Waals surface area contributed by atoms with Crippen molar-refractivity contribution < 1.29 is 19.1 Å². The van der Waals surface area contributed by atoms with Crippen LogP contribution in [0.25, 0.3) is 6.08 Å². The Morgan fingerprint density at radius 2 is 1.54 bits per heavy atom. The zero-order chi connectivity index (χ0) is 29.2. The minimum atomic E-state index is -0.473. The van der Waals surface area contributed by atoms with Crippen molar-refractivity contribution in [2.75, 3.05) is 17.7 Å². The number of aryl methyl sites for hydroxylation is 1. The number of hydrogen-bond acceptors (Lipinski definition) is 5. The second-order valence-corrected chi connectivity index (χ2v) is 10.6. The number of ether oxygens (including phenoxy) is 1. The number of carbonyl (C=O) groups excluding carboxylic acids is 3. The van der Waals surface area contributed by atoms with Crippen molar-refractivity contribution in [1.82, 2.24) is 5.32 Å². The van der Waals surface area contributed by atoms with Crippen molar-refractivity contribution in [2.45, 2.75) is 24.0 Å². The molecule has 4 aromatic rings. The highest BCUT2D eigenvalue weighted by Gasteiger charge is 2.18. The molecule has 3 N–H and O–H groups in total. The minimum Gasteiger partial charge on any atom is -0.495 e. The summed E-state index contributed by atoms with van der Waals surface area (Å²) in [6.07, 6.45) is 1.64.